The van der Waals surface area contributed by atoms with E-state index >= 15 is 0 Å². The van der Waals surface area contributed by atoms with Crippen LogP contribution in [0.25, 0.3) is 0 Å². The molecule has 0 saturated carbocycles. The number of urea groups is 1. The molecule has 3 amide bonds. The molecule has 0 aromatic heterocycles. The molecule has 1 rings (SSSR count). The minimum absolute atomic E-state index is 0.0686. The van der Waals surface area contributed by atoms with Crippen LogP contribution in [0.3, 0.4) is 0 Å². The lowest BCUT2D eigenvalue weighted by molar-refractivity contribution is -0.140. The number of carbonyl (C=O) groups excluding carboxylic acids is 2. The maximum atomic E-state index is 12.8. The van der Waals surface area contributed by atoms with E-state index in [0.717, 1.165) is 0 Å². The third kappa shape index (κ3) is 9.48. The third-order valence-corrected chi connectivity index (χ3v) is 3.88. The number of halogens is 1. The zero-order valence-corrected chi connectivity index (χ0v) is 15.8. The van der Waals surface area contributed by atoms with Crippen molar-refractivity contribution in [2.45, 2.75) is 44.2 Å². The number of benzene rings is 1. The van der Waals surface area contributed by atoms with E-state index in [4.69, 9.17) is 10.2 Å². The van der Waals surface area contributed by atoms with Gasteiger partial charge in [-0.1, -0.05) is 0 Å². The lowest BCUT2D eigenvalue weighted by Gasteiger charge is -2.18. The molecule has 30 heavy (non-hydrogen) atoms. The van der Waals surface area contributed by atoms with Gasteiger partial charge in [-0.3, -0.25) is 9.59 Å². The van der Waals surface area contributed by atoms with Gasteiger partial charge in [0.2, 0.25) is 5.91 Å². The molecule has 6 N–H and O–H groups in total. The van der Waals surface area contributed by atoms with E-state index in [9.17, 15) is 33.5 Å². The van der Waals surface area contributed by atoms with Crippen molar-refractivity contribution in [2.24, 2.45) is 0 Å². The molecular weight excluding hydrogens is 405 g/mol. The number of rotatable bonds is 12. The Balaban J connectivity index is 2.48. The fourth-order valence-electron chi connectivity index (χ4n) is 2.36. The van der Waals surface area contributed by atoms with Crippen LogP contribution in [0, 0.1) is 5.82 Å². The van der Waals surface area contributed by atoms with E-state index in [1.165, 1.54) is 24.3 Å². The first kappa shape index (κ1) is 24.3. The summed E-state index contributed by atoms with van der Waals surface area (Å²) in [7, 11) is 0. The van der Waals surface area contributed by atoms with E-state index < -0.39 is 54.2 Å². The molecule has 1 aromatic carbocycles. The molecule has 1 aromatic rings. The van der Waals surface area contributed by atoms with Gasteiger partial charge in [-0.15, -0.1) is 0 Å². The Labute approximate surface area is 170 Å². The third-order valence-electron chi connectivity index (χ3n) is 3.88. The SMILES string of the molecule is O=C(O)CC[C@H](NC(=O)N[C@@H](CCCC(=O)Nc1ccc(F)cc1)C(=O)O)C(=O)O. The van der Waals surface area contributed by atoms with Gasteiger partial charge < -0.3 is 31.3 Å². The Bertz CT molecular complexity index is 784. The Morgan fingerprint density at radius 3 is 1.87 bits per heavy atom. The van der Waals surface area contributed by atoms with Crippen LogP contribution in [0.2, 0.25) is 0 Å². The lowest BCUT2D eigenvalue weighted by atomic mass is 10.1. The average molecular weight is 427 g/mol. The number of carboxylic acid groups (broad SMARTS) is 3. The molecule has 0 saturated heterocycles. The van der Waals surface area contributed by atoms with Crippen LogP contribution in [0.15, 0.2) is 24.3 Å². The molecule has 0 unspecified atom stereocenters. The number of hydrogen-bond acceptors (Lipinski definition) is 5. The lowest BCUT2D eigenvalue weighted by Crippen LogP contribution is -2.51. The first-order valence-electron chi connectivity index (χ1n) is 8.88. The summed E-state index contributed by atoms with van der Waals surface area (Å²) in [5, 5.41) is 33.4. The standard InChI is InChI=1S/C18H22FN3O8/c19-10-4-6-11(7-5-10)20-14(23)3-1-2-12(16(26)27)21-18(30)22-13(17(28)29)8-9-15(24)25/h4-7,12-13H,1-3,8-9H2,(H,20,23)(H,24,25)(H,26,27)(H,28,29)(H2,21,22,30)/t12-,13-/m0/s1. The summed E-state index contributed by atoms with van der Waals surface area (Å²) >= 11 is 0. The molecule has 0 radical (unpaired) electrons. The van der Waals surface area contributed by atoms with Crippen molar-refractivity contribution < 1.29 is 43.7 Å². The predicted molar refractivity (Wildman–Crippen MR) is 100 cm³/mol. The van der Waals surface area contributed by atoms with Crippen LogP contribution in [0.1, 0.15) is 32.1 Å². The highest BCUT2D eigenvalue weighted by molar-refractivity contribution is 5.90. The summed E-state index contributed by atoms with van der Waals surface area (Å²) < 4.78 is 12.8. The second-order valence-electron chi connectivity index (χ2n) is 6.28. The summed E-state index contributed by atoms with van der Waals surface area (Å²) in [5.41, 5.74) is 0.370. The van der Waals surface area contributed by atoms with Gasteiger partial charge in [-0.2, -0.15) is 0 Å². The van der Waals surface area contributed by atoms with Crippen molar-refractivity contribution in [3.63, 3.8) is 0 Å². The van der Waals surface area contributed by atoms with E-state index in [-0.39, 0.29) is 25.7 Å². The number of amides is 3. The maximum absolute atomic E-state index is 12.8. The molecule has 12 heteroatoms. The normalized spacial score (nSPS) is 12.3. The molecule has 2 atom stereocenters. The van der Waals surface area contributed by atoms with Crippen LogP contribution in [0.5, 0.6) is 0 Å². The Hall–Kier alpha value is -3.70. The van der Waals surface area contributed by atoms with Crippen LogP contribution in [0.4, 0.5) is 14.9 Å². The van der Waals surface area contributed by atoms with Crippen LogP contribution in [-0.4, -0.2) is 57.2 Å². The first-order valence-corrected chi connectivity index (χ1v) is 8.88. The molecule has 0 aliphatic carbocycles. The van der Waals surface area contributed by atoms with Gasteiger partial charge in [-0.25, -0.2) is 18.8 Å². The summed E-state index contributed by atoms with van der Waals surface area (Å²) in [4.78, 5) is 56.6. The van der Waals surface area contributed by atoms with Crippen molar-refractivity contribution in [2.75, 3.05) is 5.32 Å². The van der Waals surface area contributed by atoms with Gasteiger partial charge in [0.05, 0.1) is 0 Å². The minimum Gasteiger partial charge on any atom is -0.481 e. The molecule has 11 nitrogen and oxygen atoms in total. The monoisotopic (exact) mass is 427 g/mol. The molecular formula is C18H22FN3O8. The fourth-order valence-corrected chi connectivity index (χ4v) is 2.36. The minimum atomic E-state index is -1.50. The topological polar surface area (TPSA) is 182 Å². The smallest absolute Gasteiger partial charge is 0.326 e. The van der Waals surface area contributed by atoms with Gasteiger partial charge in [0.1, 0.15) is 17.9 Å². The highest BCUT2D eigenvalue weighted by Crippen LogP contribution is 2.10. The van der Waals surface area contributed by atoms with Crippen LogP contribution >= 0.6 is 0 Å². The van der Waals surface area contributed by atoms with E-state index in [0.29, 0.717) is 5.69 Å². The van der Waals surface area contributed by atoms with Gasteiger partial charge in [0, 0.05) is 18.5 Å². The predicted octanol–water partition coefficient (Wildman–Crippen LogP) is 1.00. The molecule has 0 fully saturated rings. The van der Waals surface area contributed by atoms with Crippen molar-refractivity contribution in [1.82, 2.24) is 10.6 Å². The largest absolute Gasteiger partial charge is 0.481 e. The number of carboxylic acids is 3. The second kappa shape index (κ2) is 12.0. The molecule has 0 spiro atoms. The van der Waals surface area contributed by atoms with E-state index in [1.54, 1.807) is 0 Å². The zero-order chi connectivity index (χ0) is 22.7. The molecule has 0 heterocycles. The summed E-state index contributed by atoms with van der Waals surface area (Å²) in [5.74, 6) is -4.99. The van der Waals surface area contributed by atoms with Crippen LogP contribution in [-0.2, 0) is 19.2 Å². The van der Waals surface area contributed by atoms with Crippen molar-refractivity contribution in [3.8, 4) is 0 Å². The summed E-state index contributed by atoms with van der Waals surface area (Å²) in [6.45, 7) is 0. The number of aliphatic carboxylic acids is 3. The molecule has 0 aliphatic rings. The highest BCUT2D eigenvalue weighted by atomic mass is 19.1. The average Bonchev–Trinajstić information content (AvgIpc) is 2.65. The summed E-state index contributed by atoms with van der Waals surface area (Å²) in [6, 6.07) is 1.08. The highest BCUT2D eigenvalue weighted by Gasteiger charge is 2.24. The number of nitrogens with one attached hydrogen (secondary N) is 3. The van der Waals surface area contributed by atoms with Gasteiger partial charge >= 0.3 is 23.9 Å². The first-order chi connectivity index (χ1) is 14.1. The van der Waals surface area contributed by atoms with E-state index in [2.05, 4.69) is 10.6 Å². The fraction of sp³-hybridized carbons (Fsp3) is 0.389. The second-order valence-corrected chi connectivity index (χ2v) is 6.28. The van der Waals surface area contributed by atoms with Crippen molar-refractivity contribution >= 4 is 35.5 Å². The number of hydrogen-bond donors (Lipinski definition) is 6. The molecule has 164 valence electrons. The quantitative estimate of drug-likeness (QED) is 0.285. The van der Waals surface area contributed by atoms with Gasteiger partial charge in [0.15, 0.2) is 0 Å². The molecule has 0 bridgehead atoms. The number of anilines is 1. The van der Waals surface area contributed by atoms with Gasteiger partial charge in [0.25, 0.3) is 0 Å². The Kier molecular flexibility index (Phi) is 9.73. The van der Waals surface area contributed by atoms with Gasteiger partial charge in [-0.05, 0) is 43.5 Å². The van der Waals surface area contributed by atoms with Crippen LogP contribution < -0.4 is 16.0 Å². The maximum Gasteiger partial charge on any atom is 0.326 e. The van der Waals surface area contributed by atoms with E-state index in [1.807, 2.05) is 5.32 Å². The van der Waals surface area contributed by atoms with Crippen molar-refractivity contribution in [1.29, 1.82) is 0 Å². The zero-order valence-electron chi connectivity index (χ0n) is 15.8. The Morgan fingerprint density at radius 1 is 0.833 bits per heavy atom. The molecule has 0 aliphatic heterocycles. The number of carbonyl (C=O) groups is 5. The summed E-state index contributed by atoms with van der Waals surface area (Å²) in [6.07, 6.45) is -0.971. The van der Waals surface area contributed by atoms with Crippen molar-refractivity contribution in [3.05, 3.63) is 30.1 Å². The Morgan fingerprint density at radius 2 is 1.37 bits per heavy atom.